The normalized spacial score (nSPS) is 10.8. The third-order valence-electron chi connectivity index (χ3n) is 4.20. The van der Waals surface area contributed by atoms with Crippen LogP contribution in [0.1, 0.15) is 34.5 Å². The van der Waals surface area contributed by atoms with Crippen molar-refractivity contribution in [2.75, 3.05) is 6.54 Å². The van der Waals surface area contributed by atoms with Gasteiger partial charge in [0, 0.05) is 25.7 Å². The molecule has 1 aromatic carbocycles. The Kier molecular flexibility index (Phi) is 5.93. The average molecular weight is 315 g/mol. The molecule has 0 aliphatic heterocycles. The quantitative estimate of drug-likeness (QED) is 0.819. The lowest BCUT2D eigenvalue weighted by atomic mass is 10.1. The van der Waals surface area contributed by atoms with E-state index < -0.39 is 0 Å². The summed E-state index contributed by atoms with van der Waals surface area (Å²) in [7, 11) is 1.92. The maximum Gasteiger partial charge on any atom is 0.220 e. The summed E-state index contributed by atoms with van der Waals surface area (Å²) >= 11 is 0. The lowest BCUT2D eigenvalue weighted by molar-refractivity contribution is -0.121. The highest BCUT2D eigenvalue weighted by atomic mass is 16.3. The Hall–Kier alpha value is -2.14. The molecule has 0 unspecified atom stereocenters. The smallest absolute Gasteiger partial charge is 0.220 e. The summed E-state index contributed by atoms with van der Waals surface area (Å²) in [5.74, 6) is 0.0691. The Balaban J connectivity index is 1.74. The number of aryl methyl sites for hydroxylation is 2. The summed E-state index contributed by atoms with van der Waals surface area (Å²) in [5.41, 5.74) is 5.35. The zero-order valence-electron chi connectivity index (χ0n) is 14.1. The van der Waals surface area contributed by atoms with Gasteiger partial charge in [-0.25, -0.2) is 0 Å². The molecule has 5 heteroatoms. The molecule has 0 fully saturated rings. The lowest BCUT2D eigenvalue weighted by Gasteiger charge is -2.06. The van der Waals surface area contributed by atoms with Gasteiger partial charge in [-0.05, 0) is 43.4 Å². The van der Waals surface area contributed by atoms with Gasteiger partial charge in [0.15, 0.2) is 0 Å². The van der Waals surface area contributed by atoms with E-state index >= 15 is 0 Å². The third kappa shape index (κ3) is 4.66. The summed E-state index contributed by atoms with van der Waals surface area (Å²) in [5, 5.41) is 16.3. The minimum Gasteiger partial charge on any atom is -0.392 e. The van der Waals surface area contributed by atoms with Crippen LogP contribution in [0.3, 0.4) is 0 Å². The summed E-state index contributed by atoms with van der Waals surface area (Å²) < 4.78 is 1.86. The van der Waals surface area contributed by atoms with E-state index in [1.807, 2.05) is 49.8 Å². The van der Waals surface area contributed by atoms with Gasteiger partial charge in [0.1, 0.15) is 0 Å². The SMILES string of the molecule is Cc1nn(C)c(C)c1CCC(=O)NCCc1ccc(CO)cc1. The van der Waals surface area contributed by atoms with Crippen molar-refractivity contribution in [2.24, 2.45) is 7.05 Å². The molecule has 0 spiro atoms. The van der Waals surface area contributed by atoms with Gasteiger partial charge >= 0.3 is 0 Å². The summed E-state index contributed by atoms with van der Waals surface area (Å²) in [6.07, 6.45) is 2.00. The zero-order valence-corrected chi connectivity index (χ0v) is 14.1. The van der Waals surface area contributed by atoms with Gasteiger partial charge in [0.05, 0.1) is 12.3 Å². The predicted octanol–water partition coefficient (Wildman–Crippen LogP) is 1.82. The molecule has 0 aliphatic carbocycles. The Bertz CT molecular complexity index is 660. The molecule has 2 rings (SSSR count). The van der Waals surface area contributed by atoms with Crippen LogP contribution in [0.2, 0.25) is 0 Å². The minimum atomic E-state index is 0.0597. The number of hydrogen-bond acceptors (Lipinski definition) is 3. The van der Waals surface area contributed by atoms with Crippen LogP contribution in [-0.2, 0) is 31.3 Å². The summed E-state index contributed by atoms with van der Waals surface area (Å²) in [6, 6.07) is 7.79. The van der Waals surface area contributed by atoms with E-state index in [1.165, 1.54) is 5.56 Å². The number of nitrogens with one attached hydrogen (secondary N) is 1. The Morgan fingerprint density at radius 3 is 2.39 bits per heavy atom. The Morgan fingerprint density at radius 2 is 1.83 bits per heavy atom. The van der Waals surface area contributed by atoms with Gasteiger partial charge in [-0.3, -0.25) is 9.48 Å². The Labute approximate surface area is 137 Å². The highest BCUT2D eigenvalue weighted by Crippen LogP contribution is 2.13. The van der Waals surface area contributed by atoms with Crippen LogP contribution < -0.4 is 5.32 Å². The molecule has 1 amide bonds. The standard InChI is InChI=1S/C18H25N3O2/c1-13-17(14(2)21(3)20-13)8-9-18(23)19-11-10-15-4-6-16(12-22)7-5-15/h4-7,22H,8-12H2,1-3H3,(H,19,23). The molecule has 0 saturated carbocycles. The van der Waals surface area contributed by atoms with Crippen molar-refractivity contribution < 1.29 is 9.90 Å². The van der Waals surface area contributed by atoms with Gasteiger partial charge in [-0.1, -0.05) is 24.3 Å². The number of nitrogens with zero attached hydrogens (tertiary/aromatic N) is 2. The fraction of sp³-hybridized carbons (Fsp3) is 0.444. The number of aliphatic hydroxyl groups is 1. The molecule has 0 aliphatic rings. The second kappa shape index (κ2) is 7.92. The van der Waals surface area contributed by atoms with E-state index in [4.69, 9.17) is 5.11 Å². The van der Waals surface area contributed by atoms with E-state index in [-0.39, 0.29) is 12.5 Å². The maximum atomic E-state index is 12.0. The molecule has 0 radical (unpaired) electrons. The van der Waals surface area contributed by atoms with Crippen molar-refractivity contribution in [3.8, 4) is 0 Å². The number of carbonyl (C=O) groups excluding carboxylic acids is 1. The summed E-state index contributed by atoms with van der Waals surface area (Å²) in [6.45, 7) is 4.70. The third-order valence-corrected chi connectivity index (χ3v) is 4.20. The largest absolute Gasteiger partial charge is 0.392 e. The molecule has 5 nitrogen and oxygen atoms in total. The molecule has 2 aromatic rings. The van der Waals surface area contributed by atoms with Gasteiger partial charge < -0.3 is 10.4 Å². The second-order valence-corrected chi connectivity index (χ2v) is 5.85. The molecule has 23 heavy (non-hydrogen) atoms. The fourth-order valence-electron chi connectivity index (χ4n) is 2.66. The van der Waals surface area contributed by atoms with Crippen LogP contribution in [0.4, 0.5) is 0 Å². The van der Waals surface area contributed by atoms with E-state index in [1.54, 1.807) is 0 Å². The number of aromatic nitrogens is 2. The zero-order chi connectivity index (χ0) is 16.8. The first-order chi connectivity index (χ1) is 11.0. The van der Waals surface area contributed by atoms with E-state index in [2.05, 4.69) is 10.4 Å². The molecular weight excluding hydrogens is 290 g/mol. The predicted molar refractivity (Wildman–Crippen MR) is 90.1 cm³/mol. The van der Waals surface area contributed by atoms with Gasteiger partial charge in [-0.2, -0.15) is 5.10 Å². The molecule has 124 valence electrons. The number of aliphatic hydroxyl groups excluding tert-OH is 1. The summed E-state index contributed by atoms with van der Waals surface area (Å²) in [4.78, 5) is 12.0. The highest BCUT2D eigenvalue weighted by Gasteiger charge is 2.11. The average Bonchev–Trinajstić information content (AvgIpc) is 2.79. The first-order valence-corrected chi connectivity index (χ1v) is 7.95. The number of amides is 1. The first-order valence-electron chi connectivity index (χ1n) is 7.95. The van der Waals surface area contributed by atoms with Crippen LogP contribution in [0, 0.1) is 13.8 Å². The van der Waals surface area contributed by atoms with Gasteiger partial charge in [-0.15, -0.1) is 0 Å². The molecule has 0 saturated heterocycles. The highest BCUT2D eigenvalue weighted by molar-refractivity contribution is 5.76. The molecule has 1 heterocycles. The molecule has 1 aromatic heterocycles. The van der Waals surface area contributed by atoms with Crippen molar-refractivity contribution in [3.05, 3.63) is 52.3 Å². The maximum absolute atomic E-state index is 12.0. The number of hydrogen-bond donors (Lipinski definition) is 2. The minimum absolute atomic E-state index is 0.0597. The fourth-order valence-corrected chi connectivity index (χ4v) is 2.66. The van der Waals surface area contributed by atoms with Crippen LogP contribution >= 0.6 is 0 Å². The first kappa shape index (κ1) is 17.2. The monoisotopic (exact) mass is 315 g/mol. The van der Waals surface area contributed by atoms with Crippen LogP contribution in [0.15, 0.2) is 24.3 Å². The van der Waals surface area contributed by atoms with Crippen LogP contribution in [0.25, 0.3) is 0 Å². The van der Waals surface area contributed by atoms with Crippen molar-refractivity contribution in [1.29, 1.82) is 0 Å². The molecule has 0 bridgehead atoms. The van der Waals surface area contributed by atoms with Crippen molar-refractivity contribution >= 4 is 5.91 Å². The number of benzene rings is 1. The number of carbonyl (C=O) groups is 1. The van der Waals surface area contributed by atoms with Crippen molar-refractivity contribution in [1.82, 2.24) is 15.1 Å². The van der Waals surface area contributed by atoms with Gasteiger partial charge in [0.25, 0.3) is 0 Å². The van der Waals surface area contributed by atoms with E-state index in [0.29, 0.717) is 13.0 Å². The van der Waals surface area contributed by atoms with Crippen molar-refractivity contribution in [2.45, 2.75) is 39.7 Å². The van der Waals surface area contributed by atoms with E-state index in [9.17, 15) is 4.79 Å². The van der Waals surface area contributed by atoms with Crippen LogP contribution in [-0.4, -0.2) is 27.3 Å². The molecular formula is C18H25N3O2. The van der Waals surface area contributed by atoms with Gasteiger partial charge in [0.2, 0.25) is 5.91 Å². The molecule has 2 N–H and O–H groups in total. The van der Waals surface area contributed by atoms with Crippen molar-refractivity contribution in [3.63, 3.8) is 0 Å². The Morgan fingerprint density at radius 1 is 1.17 bits per heavy atom. The molecule has 0 atom stereocenters. The van der Waals surface area contributed by atoms with Crippen LogP contribution in [0.5, 0.6) is 0 Å². The topological polar surface area (TPSA) is 67.2 Å². The van der Waals surface area contributed by atoms with E-state index in [0.717, 1.165) is 35.4 Å². The lowest BCUT2D eigenvalue weighted by Crippen LogP contribution is -2.26. The second-order valence-electron chi connectivity index (χ2n) is 5.85. The number of rotatable bonds is 7.